The summed E-state index contributed by atoms with van der Waals surface area (Å²) in [4.78, 5) is 25.7. The zero-order valence-corrected chi connectivity index (χ0v) is 15.4. The van der Waals surface area contributed by atoms with E-state index in [1.54, 1.807) is 18.2 Å². The fourth-order valence-electron chi connectivity index (χ4n) is 2.96. The zero-order chi connectivity index (χ0) is 18.8. The SMILES string of the molecule is Cc1cc(OC(=O)Cc2cccs2)cc2c1C(=O)/C(=C/c1ccccc1)O2. The Balaban J connectivity index is 1.56. The third kappa shape index (κ3) is 3.68. The van der Waals surface area contributed by atoms with E-state index < -0.39 is 0 Å². The van der Waals surface area contributed by atoms with E-state index in [2.05, 4.69) is 0 Å². The largest absolute Gasteiger partial charge is 0.452 e. The van der Waals surface area contributed by atoms with Crippen LogP contribution in [0.5, 0.6) is 11.5 Å². The van der Waals surface area contributed by atoms with E-state index in [1.807, 2.05) is 54.8 Å². The molecule has 27 heavy (non-hydrogen) atoms. The Labute approximate surface area is 160 Å². The molecule has 1 aliphatic heterocycles. The van der Waals surface area contributed by atoms with Crippen molar-refractivity contribution >= 4 is 29.2 Å². The van der Waals surface area contributed by atoms with Crippen LogP contribution >= 0.6 is 11.3 Å². The van der Waals surface area contributed by atoms with Crippen molar-refractivity contribution in [3.63, 3.8) is 0 Å². The quantitative estimate of drug-likeness (QED) is 0.372. The average molecular weight is 376 g/mol. The Morgan fingerprint density at radius 2 is 1.96 bits per heavy atom. The van der Waals surface area contributed by atoms with Gasteiger partial charge < -0.3 is 9.47 Å². The van der Waals surface area contributed by atoms with Gasteiger partial charge in [-0.2, -0.15) is 0 Å². The molecule has 0 fully saturated rings. The van der Waals surface area contributed by atoms with Crippen molar-refractivity contribution in [3.8, 4) is 11.5 Å². The van der Waals surface area contributed by atoms with Crippen LogP contribution in [0.1, 0.15) is 26.4 Å². The second kappa shape index (κ2) is 7.21. The average Bonchev–Trinajstić information content (AvgIpc) is 3.24. The van der Waals surface area contributed by atoms with Gasteiger partial charge in [0.05, 0.1) is 12.0 Å². The molecule has 3 aromatic rings. The molecule has 0 radical (unpaired) electrons. The number of ether oxygens (including phenoxy) is 2. The minimum absolute atomic E-state index is 0.164. The van der Waals surface area contributed by atoms with Crippen molar-refractivity contribution in [2.24, 2.45) is 0 Å². The highest BCUT2D eigenvalue weighted by molar-refractivity contribution is 7.10. The molecule has 0 saturated heterocycles. The molecule has 0 spiro atoms. The molecule has 2 heterocycles. The van der Waals surface area contributed by atoms with E-state index in [0.29, 0.717) is 22.6 Å². The van der Waals surface area contributed by atoms with E-state index in [1.165, 1.54) is 11.3 Å². The van der Waals surface area contributed by atoms with Crippen LogP contribution in [-0.4, -0.2) is 11.8 Å². The van der Waals surface area contributed by atoms with Gasteiger partial charge in [0.2, 0.25) is 5.78 Å². The van der Waals surface area contributed by atoms with Crippen molar-refractivity contribution in [2.45, 2.75) is 13.3 Å². The molecule has 0 aliphatic carbocycles. The zero-order valence-electron chi connectivity index (χ0n) is 14.6. The molecule has 5 heteroatoms. The second-order valence-corrected chi connectivity index (χ2v) is 7.23. The van der Waals surface area contributed by atoms with Gasteiger partial charge in [0.15, 0.2) is 5.76 Å². The summed E-state index contributed by atoms with van der Waals surface area (Å²) >= 11 is 1.51. The lowest BCUT2D eigenvalue weighted by Gasteiger charge is -2.07. The second-order valence-electron chi connectivity index (χ2n) is 6.19. The van der Waals surface area contributed by atoms with Gasteiger partial charge in [0, 0.05) is 10.9 Å². The van der Waals surface area contributed by atoms with Crippen LogP contribution < -0.4 is 9.47 Å². The molecular formula is C22H16O4S. The van der Waals surface area contributed by atoms with Crippen molar-refractivity contribution in [1.82, 2.24) is 0 Å². The number of esters is 1. The highest BCUT2D eigenvalue weighted by Gasteiger charge is 2.30. The molecule has 0 saturated carbocycles. The number of thiophene rings is 1. The lowest BCUT2D eigenvalue weighted by Crippen LogP contribution is -2.10. The molecule has 0 bridgehead atoms. The summed E-state index contributed by atoms with van der Waals surface area (Å²) in [6.07, 6.45) is 1.93. The number of rotatable bonds is 4. The number of aryl methyl sites for hydroxylation is 1. The van der Waals surface area contributed by atoms with Gasteiger partial charge in [0.25, 0.3) is 0 Å². The Kier molecular flexibility index (Phi) is 4.60. The van der Waals surface area contributed by atoms with Crippen molar-refractivity contribution in [3.05, 3.63) is 87.3 Å². The maximum Gasteiger partial charge on any atom is 0.316 e. The summed E-state index contributed by atoms with van der Waals surface area (Å²) in [5.41, 5.74) is 2.11. The summed E-state index contributed by atoms with van der Waals surface area (Å²) in [6, 6.07) is 16.6. The molecule has 0 N–H and O–H groups in total. The lowest BCUT2D eigenvalue weighted by atomic mass is 10.0. The maximum absolute atomic E-state index is 12.7. The Hall–Kier alpha value is -3.18. The van der Waals surface area contributed by atoms with Gasteiger partial charge in [0.1, 0.15) is 11.5 Å². The van der Waals surface area contributed by atoms with Crippen LogP contribution in [0.25, 0.3) is 6.08 Å². The third-order valence-corrected chi connectivity index (χ3v) is 5.05. The van der Waals surface area contributed by atoms with Gasteiger partial charge in [-0.3, -0.25) is 9.59 Å². The lowest BCUT2D eigenvalue weighted by molar-refractivity contribution is -0.133. The Morgan fingerprint density at radius 3 is 2.70 bits per heavy atom. The van der Waals surface area contributed by atoms with Crippen molar-refractivity contribution in [2.75, 3.05) is 0 Å². The molecule has 0 amide bonds. The summed E-state index contributed by atoms with van der Waals surface area (Å²) in [5.74, 6) is 0.549. The number of allylic oxidation sites excluding steroid dienone is 1. The maximum atomic E-state index is 12.7. The summed E-state index contributed by atoms with van der Waals surface area (Å²) in [6.45, 7) is 1.81. The Bertz CT molecular complexity index is 1030. The van der Waals surface area contributed by atoms with Crippen LogP contribution in [0.4, 0.5) is 0 Å². The first kappa shape index (κ1) is 17.2. The molecule has 134 valence electrons. The van der Waals surface area contributed by atoms with Gasteiger partial charge in [-0.25, -0.2) is 0 Å². The first-order valence-electron chi connectivity index (χ1n) is 8.47. The third-order valence-electron chi connectivity index (χ3n) is 4.17. The summed E-state index contributed by atoms with van der Waals surface area (Å²) < 4.78 is 11.2. The summed E-state index contributed by atoms with van der Waals surface area (Å²) in [7, 11) is 0. The number of carbonyl (C=O) groups excluding carboxylic acids is 2. The molecular weight excluding hydrogens is 360 g/mol. The first-order valence-corrected chi connectivity index (χ1v) is 9.35. The minimum atomic E-state index is -0.346. The van der Waals surface area contributed by atoms with Crippen LogP contribution in [0.15, 0.2) is 65.7 Å². The van der Waals surface area contributed by atoms with E-state index in [-0.39, 0.29) is 23.9 Å². The molecule has 4 rings (SSSR count). The normalized spacial score (nSPS) is 14.1. The molecule has 1 aromatic heterocycles. The molecule has 1 aliphatic rings. The van der Waals surface area contributed by atoms with Gasteiger partial charge in [-0.1, -0.05) is 36.4 Å². The van der Waals surface area contributed by atoms with Crippen molar-refractivity contribution in [1.29, 1.82) is 0 Å². The van der Waals surface area contributed by atoms with Crippen LogP contribution in [0.2, 0.25) is 0 Å². The van der Waals surface area contributed by atoms with Crippen molar-refractivity contribution < 1.29 is 19.1 Å². The van der Waals surface area contributed by atoms with Crippen LogP contribution in [0.3, 0.4) is 0 Å². The van der Waals surface area contributed by atoms with E-state index in [9.17, 15) is 9.59 Å². The van der Waals surface area contributed by atoms with E-state index in [4.69, 9.17) is 9.47 Å². The first-order chi connectivity index (χ1) is 13.1. The van der Waals surface area contributed by atoms with Gasteiger partial charge in [-0.05, 0) is 41.6 Å². The highest BCUT2D eigenvalue weighted by atomic mass is 32.1. The summed E-state index contributed by atoms with van der Waals surface area (Å²) in [5, 5.41) is 1.92. The Morgan fingerprint density at radius 1 is 1.15 bits per heavy atom. The predicted octanol–water partition coefficient (Wildman–Crippen LogP) is 4.82. The van der Waals surface area contributed by atoms with Crippen LogP contribution in [-0.2, 0) is 11.2 Å². The monoisotopic (exact) mass is 376 g/mol. The number of Topliss-reactive ketones (excluding diaryl/α,β-unsaturated/α-hetero) is 1. The van der Waals surface area contributed by atoms with Gasteiger partial charge >= 0.3 is 5.97 Å². The molecule has 0 unspecified atom stereocenters. The molecule has 4 nitrogen and oxygen atoms in total. The molecule has 2 aromatic carbocycles. The van der Waals surface area contributed by atoms with Crippen LogP contribution in [0, 0.1) is 6.92 Å². The highest BCUT2D eigenvalue weighted by Crippen LogP contribution is 2.37. The topological polar surface area (TPSA) is 52.6 Å². The number of hydrogen-bond donors (Lipinski definition) is 0. The fraction of sp³-hybridized carbons (Fsp3) is 0.0909. The van der Waals surface area contributed by atoms with E-state index >= 15 is 0 Å². The van der Waals surface area contributed by atoms with E-state index in [0.717, 1.165) is 10.4 Å². The fourth-order valence-corrected chi connectivity index (χ4v) is 3.65. The predicted molar refractivity (Wildman–Crippen MR) is 104 cm³/mol. The minimum Gasteiger partial charge on any atom is -0.452 e. The van der Waals surface area contributed by atoms with Gasteiger partial charge in [-0.15, -0.1) is 11.3 Å². The number of hydrogen-bond acceptors (Lipinski definition) is 5. The number of ketones is 1. The molecule has 0 atom stereocenters. The standard InChI is InChI=1S/C22H16O4S/c1-14-10-16(25-20(23)13-17-8-5-9-27-17)12-18-21(14)22(24)19(26-18)11-15-6-3-2-4-7-15/h2-12H,13H2,1H3/b19-11-. The number of benzene rings is 2. The number of fused-ring (bicyclic) bond motifs is 1. The number of carbonyl (C=O) groups is 2. The smallest absolute Gasteiger partial charge is 0.316 e.